The lowest BCUT2D eigenvalue weighted by Gasteiger charge is -2.06. The summed E-state index contributed by atoms with van der Waals surface area (Å²) in [6.07, 6.45) is 3.14. The Bertz CT molecular complexity index is 435. The Balaban J connectivity index is 2.79. The molecule has 0 aliphatic carbocycles. The predicted molar refractivity (Wildman–Crippen MR) is 50.7 cm³/mol. The Morgan fingerprint density at radius 3 is 2.85 bits per heavy atom. The summed E-state index contributed by atoms with van der Waals surface area (Å²) in [5.41, 5.74) is 1.59. The number of rotatable bonds is 1. The van der Waals surface area contributed by atoms with E-state index >= 15 is 0 Å². The molecule has 4 nitrogen and oxygen atoms in total. The SMILES string of the molecule is CC(C)n1ncc2ncnc(Cl)c21. The molecule has 0 amide bonds. The molecule has 0 bridgehead atoms. The molecule has 0 aromatic carbocycles. The van der Waals surface area contributed by atoms with Gasteiger partial charge in [-0.2, -0.15) is 5.10 Å². The molecule has 5 heteroatoms. The smallest absolute Gasteiger partial charge is 0.158 e. The molecule has 2 rings (SSSR count). The van der Waals surface area contributed by atoms with Crippen LogP contribution in [0.1, 0.15) is 19.9 Å². The highest BCUT2D eigenvalue weighted by Crippen LogP contribution is 2.21. The molecule has 2 heterocycles. The van der Waals surface area contributed by atoms with Gasteiger partial charge >= 0.3 is 0 Å². The average Bonchev–Trinajstić information content (AvgIpc) is 2.49. The summed E-state index contributed by atoms with van der Waals surface area (Å²) in [7, 11) is 0. The van der Waals surface area contributed by atoms with Crippen molar-refractivity contribution >= 4 is 22.6 Å². The van der Waals surface area contributed by atoms with Crippen molar-refractivity contribution in [1.29, 1.82) is 0 Å². The van der Waals surface area contributed by atoms with E-state index in [-0.39, 0.29) is 6.04 Å². The van der Waals surface area contributed by atoms with Crippen LogP contribution in [0.5, 0.6) is 0 Å². The second kappa shape index (κ2) is 2.96. The van der Waals surface area contributed by atoms with E-state index in [1.807, 2.05) is 18.5 Å². The highest BCUT2D eigenvalue weighted by molar-refractivity contribution is 6.33. The molecule has 0 N–H and O–H groups in total. The van der Waals surface area contributed by atoms with Gasteiger partial charge in [0.25, 0.3) is 0 Å². The van der Waals surface area contributed by atoms with Gasteiger partial charge in [0.05, 0.1) is 6.20 Å². The Kier molecular flexibility index (Phi) is 1.92. The van der Waals surface area contributed by atoms with Crippen molar-refractivity contribution in [2.75, 3.05) is 0 Å². The van der Waals surface area contributed by atoms with Crippen molar-refractivity contribution in [2.24, 2.45) is 0 Å². The lowest BCUT2D eigenvalue weighted by molar-refractivity contribution is 0.550. The first-order valence-corrected chi connectivity index (χ1v) is 4.41. The van der Waals surface area contributed by atoms with Crippen LogP contribution in [0.25, 0.3) is 11.0 Å². The van der Waals surface area contributed by atoms with E-state index in [1.165, 1.54) is 6.33 Å². The summed E-state index contributed by atoms with van der Waals surface area (Å²) < 4.78 is 1.82. The van der Waals surface area contributed by atoms with E-state index in [9.17, 15) is 0 Å². The largest absolute Gasteiger partial charge is 0.258 e. The molecule has 0 fully saturated rings. The van der Waals surface area contributed by atoms with Gasteiger partial charge in [-0.1, -0.05) is 11.6 Å². The minimum atomic E-state index is 0.265. The van der Waals surface area contributed by atoms with E-state index in [2.05, 4.69) is 15.1 Å². The maximum atomic E-state index is 5.94. The van der Waals surface area contributed by atoms with Crippen LogP contribution in [0.2, 0.25) is 5.15 Å². The molecule has 0 spiro atoms. The molecule has 0 radical (unpaired) electrons. The van der Waals surface area contributed by atoms with Gasteiger partial charge < -0.3 is 0 Å². The van der Waals surface area contributed by atoms with Gasteiger partial charge in [-0.15, -0.1) is 0 Å². The lowest BCUT2D eigenvalue weighted by Crippen LogP contribution is -2.02. The number of aromatic nitrogens is 4. The molecule has 0 aliphatic heterocycles. The quantitative estimate of drug-likeness (QED) is 0.656. The van der Waals surface area contributed by atoms with Gasteiger partial charge in [0.2, 0.25) is 0 Å². The van der Waals surface area contributed by atoms with Crippen LogP contribution in [-0.4, -0.2) is 19.7 Å². The zero-order valence-corrected chi connectivity index (χ0v) is 8.15. The number of nitrogens with zero attached hydrogens (tertiary/aromatic N) is 4. The van der Waals surface area contributed by atoms with Gasteiger partial charge in [-0.25, -0.2) is 9.97 Å². The summed E-state index contributed by atoms with van der Waals surface area (Å²) in [5.74, 6) is 0. The van der Waals surface area contributed by atoms with Crippen LogP contribution in [0, 0.1) is 0 Å². The topological polar surface area (TPSA) is 43.6 Å². The van der Waals surface area contributed by atoms with Crippen LogP contribution < -0.4 is 0 Å². The first kappa shape index (κ1) is 8.44. The van der Waals surface area contributed by atoms with Crippen molar-refractivity contribution in [3.05, 3.63) is 17.7 Å². The molecule has 2 aromatic heterocycles. The van der Waals surface area contributed by atoms with E-state index in [4.69, 9.17) is 11.6 Å². The Morgan fingerprint density at radius 1 is 1.38 bits per heavy atom. The van der Waals surface area contributed by atoms with Gasteiger partial charge in [-0.05, 0) is 13.8 Å². The number of halogens is 1. The minimum absolute atomic E-state index is 0.265. The molecule has 2 aromatic rings. The van der Waals surface area contributed by atoms with Gasteiger partial charge in [0.1, 0.15) is 17.4 Å². The summed E-state index contributed by atoms with van der Waals surface area (Å²) in [5, 5.41) is 4.64. The summed E-state index contributed by atoms with van der Waals surface area (Å²) in [4.78, 5) is 7.98. The molecular formula is C8H9ClN4. The fourth-order valence-electron chi connectivity index (χ4n) is 1.24. The van der Waals surface area contributed by atoms with E-state index in [0.29, 0.717) is 5.15 Å². The van der Waals surface area contributed by atoms with Crippen LogP contribution in [0.4, 0.5) is 0 Å². The van der Waals surface area contributed by atoms with Crippen molar-refractivity contribution in [3.8, 4) is 0 Å². The normalized spacial score (nSPS) is 11.4. The third kappa shape index (κ3) is 1.27. The lowest BCUT2D eigenvalue weighted by atomic mass is 10.4. The van der Waals surface area contributed by atoms with E-state index in [0.717, 1.165) is 11.0 Å². The van der Waals surface area contributed by atoms with Crippen LogP contribution in [-0.2, 0) is 0 Å². The predicted octanol–water partition coefficient (Wildman–Crippen LogP) is 2.06. The van der Waals surface area contributed by atoms with E-state index in [1.54, 1.807) is 6.20 Å². The Morgan fingerprint density at radius 2 is 2.15 bits per heavy atom. The molecule has 0 saturated heterocycles. The molecule has 68 valence electrons. The third-order valence-corrected chi connectivity index (χ3v) is 2.11. The molecule has 0 unspecified atom stereocenters. The number of fused-ring (bicyclic) bond motifs is 1. The number of hydrogen-bond acceptors (Lipinski definition) is 3. The first-order valence-electron chi connectivity index (χ1n) is 4.04. The summed E-state index contributed by atoms with van der Waals surface area (Å²) in [6, 6.07) is 0.265. The van der Waals surface area contributed by atoms with Crippen LogP contribution in [0.15, 0.2) is 12.5 Å². The summed E-state index contributed by atoms with van der Waals surface area (Å²) >= 11 is 5.94. The van der Waals surface area contributed by atoms with E-state index < -0.39 is 0 Å². The highest BCUT2D eigenvalue weighted by atomic mass is 35.5. The Labute approximate surface area is 80.6 Å². The average molecular weight is 197 g/mol. The Hall–Kier alpha value is -1.16. The number of hydrogen-bond donors (Lipinski definition) is 0. The van der Waals surface area contributed by atoms with Crippen molar-refractivity contribution in [2.45, 2.75) is 19.9 Å². The zero-order valence-electron chi connectivity index (χ0n) is 7.40. The fraction of sp³-hybridized carbons (Fsp3) is 0.375. The molecular weight excluding hydrogens is 188 g/mol. The zero-order chi connectivity index (χ0) is 9.42. The highest BCUT2D eigenvalue weighted by Gasteiger charge is 2.10. The second-order valence-corrected chi connectivity index (χ2v) is 3.44. The van der Waals surface area contributed by atoms with Crippen molar-refractivity contribution in [1.82, 2.24) is 19.7 Å². The third-order valence-electron chi connectivity index (χ3n) is 1.83. The summed E-state index contributed by atoms with van der Waals surface area (Å²) in [6.45, 7) is 4.07. The fourth-order valence-corrected chi connectivity index (χ4v) is 1.47. The first-order chi connectivity index (χ1) is 6.20. The maximum Gasteiger partial charge on any atom is 0.158 e. The van der Waals surface area contributed by atoms with Crippen molar-refractivity contribution < 1.29 is 0 Å². The van der Waals surface area contributed by atoms with Gasteiger partial charge in [0.15, 0.2) is 5.15 Å². The molecule has 13 heavy (non-hydrogen) atoms. The van der Waals surface area contributed by atoms with Crippen molar-refractivity contribution in [3.63, 3.8) is 0 Å². The van der Waals surface area contributed by atoms with Gasteiger partial charge in [-0.3, -0.25) is 4.68 Å². The second-order valence-electron chi connectivity index (χ2n) is 3.08. The maximum absolute atomic E-state index is 5.94. The molecule has 0 atom stereocenters. The monoisotopic (exact) mass is 196 g/mol. The molecule has 0 saturated carbocycles. The standard InChI is InChI=1S/C8H9ClN4/c1-5(2)13-7-6(3-12-13)10-4-11-8(7)9/h3-5H,1-2H3. The van der Waals surface area contributed by atoms with Crippen LogP contribution in [0.3, 0.4) is 0 Å². The molecule has 0 aliphatic rings. The van der Waals surface area contributed by atoms with Crippen LogP contribution >= 0.6 is 11.6 Å². The van der Waals surface area contributed by atoms with Gasteiger partial charge in [0, 0.05) is 6.04 Å². The minimum Gasteiger partial charge on any atom is -0.258 e.